The molecule has 3 rings (SSSR count). The van der Waals surface area contributed by atoms with E-state index in [0.29, 0.717) is 16.7 Å². The largest absolute Gasteiger partial charge is 0.460 e. The highest BCUT2D eigenvalue weighted by Crippen LogP contribution is 2.34. The number of furan rings is 1. The maximum atomic E-state index is 13.4. The molecule has 0 aliphatic heterocycles. The van der Waals surface area contributed by atoms with E-state index in [1.54, 1.807) is 13.0 Å². The van der Waals surface area contributed by atoms with E-state index < -0.39 is 15.7 Å². The van der Waals surface area contributed by atoms with Gasteiger partial charge in [-0.3, -0.25) is 0 Å². The Hall–Kier alpha value is -2.14. The van der Waals surface area contributed by atoms with E-state index >= 15 is 0 Å². The van der Waals surface area contributed by atoms with Gasteiger partial charge in [0.15, 0.2) is 0 Å². The SMILES string of the molecule is CCc1ccc2oc(C)c(S(=O)(=O)c3cccc(F)c3)c2c1. The van der Waals surface area contributed by atoms with Gasteiger partial charge >= 0.3 is 0 Å². The normalized spacial score (nSPS) is 12.0. The lowest BCUT2D eigenvalue weighted by molar-refractivity contribution is 0.557. The van der Waals surface area contributed by atoms with E-state index in [2.05, 4.69) is 0 Å². The minimum atomic E-state index is -3.83. The highest BCUT2D eigenvalue weighted by atomic mass is 32.2. The summed E-state index contributed by atoms with van der Waals surface area (Å²) in [5.41, 5.74) is 1.54. The number of benzene rings is 2. The molecule has 0 saturated heterocycles. The molecule has 2 aromatic carbocycles. The minimum Gasteiger partial charge on any atom is -0.460 e. The van der Waals surface area contributed by atoms with Gasteiger partial charge in [0.1, 0.15) is 22.1 Å². The average Bonchev–Trinajstić information content (AvgIpc) is 2.82. The second-order valence-electron chi connectivity index (χ2n) is 5.13. The van der Waals surface area contributed by atoms with Crippen molar-refractivity contribution in [2.45, 2.75) is 30.1 Å². The van der Waals surface area contributed by atoms with Gasteiger partial charge in [0.2, 0.25) is 9.84 Å². The Labute approximate surface area is 128 Å². The first-order chi connectivity index (χ1) is 10.4. The molecule has 22 heavy (non-hydrogen) atoms. The molecule has 0 saturated carbocycles. The zero-order valence-electron chi connectivity index (χ0n) is 12.3. The zero-order valence-corrected chi connectivity index (χ0v) is 13.1. The third kappa shape index (κ3) is 2.31. The van der Waals surface area contributed by atoms with Crippen LogP contribution in [0.15, 0.2) is 56.7 Å². The highest BCUT2D eigenvalue weighted by molar-refractivity contribution is 7.91. The molecule has 0 unspecified atom stereocenters. The van der Waals surface area contributed by atoms with Crippen LogP contribution in [0, 0.1) is 12.7 Å². The van der Waals surface area contributed by atoms with Gasteiger partial charge in [-0.05, 0) is 49.2 Å². The molecule has 0 aliphatic rings. The smallest absolute Gasteiger partial charge is 0.210 e. The lowest BCUT2D eigenvalue weighted by Gasteiger charge is -2.04. The molecule has 1 aromatic heterocycles. The third-order valence-corrected chi connectivity index (χ3v) is 5.57. The predicted octanol–water partition coefficient (Wildman–Crippen LogP) is 4.28. The molecule has 0 amide bonds. The van der Waals surface area contributed by atoms with Crippen molar-refractivity contribution in [3.63, 3.8) is 0 Å². The molecule has 1 heterocycles. The van der Waals surface area contributed by atoms with Crippen molar-refractivity contribution in [3.8, 4) is 0 Å². The molecule has 3 nitrogen and oxygen atoms in total. The summed E-state index contributed by atoms with van der Waals surface area (Å²) < 4.78 is 44.7. The number of halogens is 1. The molecule has 0 bridgehead atoms. The van der Waals surface area contributed by atoms with Crippen LogP contribution in [-0.2, 0) is 16.3 Å². The second-order valence-corrected chi connectivity index (χ2v) is 7.02. The Kier molecular flexibility index (Phi) is 3.53. The summed E-state index contributed by atoms with van der Waals surface area (Å²) in [5, 5.41) is 0.543. The van der Waals surface area contributed by atoms with Crippen LogP contribution in [0.2, 0.25) is 0 Å². The number of aryl methyl sites for hydroxylation is 2. The third-order valence-electron chi connectivity index (χ3n) is 3.65. The van der Waals surface area contributed by atoms with Crippen molar-refractivity contribution < 1.29 is 17.2 Å². The summed E-state index contributed by atoms with van der Waals surface area (Å²) in [4.78, 5) is 0.0450. The number of fused-ring (bicyclic) bond motifs is 1. The standard InChI is InChI=1S/C17H15FO3S/c1-3-12-7-8-16-15(9-12)17(11(2)21-16)22(19,20)14-6-4-5-13(18)10-14/h4-10H,3H2,1-2H3. The minimum absolute atomic E-state index is 0.0693. The van der Waals surface area contributed by atoms with Crippen LogP contribution in [0.25, 0.3) is 11.0 Å². The van der Waals surface area contributed by atoms with Crippen molar-refractivity contribution in [1.82, 2.24) is 0 Å². The Balaban J connectivity index is 2.31. The summed E-state index contributed by atoms with van der Waals surface area (Å²) in [6.07, 6.45) is 0.791. The van der Waals surface area contributed by atoms with E-state index in [9.17, 15) is 12.8 Å². The maximum absolute atomic E-state index is 13.4. The molecule has 0 spiro atoms. The monoisotopic (exact) mass is 318 g/mol. The quantitative estimate of drug-likeness (QED) is 0.724. The van der Waals surface area contributed by atoms with E-state index in [0.717, 1.165) is 18.1 Å². The summed E-state index contributed by atoms with van der Waals surface area (Å²) in [6.45, 7) is 3.60. The van der Waals surface area contributed by atoms with Crippen molar-refractivity contribution >= 4 is 20.8 Å². The lowest BCUT2D eigenvalue weighted by atomic mass is 10.1. The van der Waals surface area contributed by atoms with Gasteiger partial charge in [0.05, 0.1) is 4.90 Å². The van der Waals surface area contributed by atoms with Crippen LogP contribution in [0.3, 0.4) is 0 Å². The van der Waals surface area contributed by atoms with Crippen LogP contribution < -0.4 is 0 Å². The van der Waals surface area contributed by atoms with Crippen molar-refractivity contribution in [1.29, 1.82) is 0 Å². The van der Waals surface area contributed by atoms with Gasteiger partial charge in [-0.15, -0.1) is 0 Å². The number of hydrogen-bond acceptors (Lipinski definition) is 3. The molecule has 114 valence electrons. The van der Waals surface area contributed by atoms with E-state index in [1.165, 1.54) is 18.2 Å². The van der Waals surface area contributed by atoms with E-state index in [-0.39, 0.29) is 9.79 Å². The molecule has 0 aliphatic carbocycles. The molecule has 0 radical (unpaired) electrons. The van der Waals surface area contributed by atoms with Gasteiger partial charge in [0.25, 0.3) is 0 Å². The fourth-order valence-electron chi connectivity index (χ4n) is 2.55. The van der Waals surface area contributed by atoms with Crippen LogP contribution in [-0.4, -0.2) is 8.42 Å². The summed E-state index contributed by atoms with van der Waals surface area (Å²) in [7, 11) is -3.83. The maximum Gasteiger partial charge on any atom is 0.210 e. The molecule has 3 aromatic rings. The summed E-state index contributed by atoms with van der Waals surface area (Å²) >= 11 is 0. The van der Waals surface area contributed by atoms with Crippen molar-refractivity contribution in [2.75, 3.05) is 0 Å². The van der Waals surface area contributed by atoms with Crippen LogP contribution in [0.4, 0.5) is 4.39 Å². The molecular formula is C17H15FO3S. The number of sulfone groups is 1. The van der Waals surface area contributed by atoms with Crippen molar-refractivity contribution in [2.24, 2.45) is 0 Å². The van der Waals surface area contributed by atoms with Gasteiger partial charge in [-0.2, -0.15) is 0 Å². The Bertz CT molecular complexity index is 955. The fraction of sp³-hybridized carbons (Fsp3) is 0.176. The summed E-state index contributed by atoms with van der Waals surface area (Å²) in [5.74, 6) is -0.270. The Morgan fingerprint density at radius 2 is 1.91 bits per heavy atom. The van der Waals surface area contributed by atoms with Crippen LogP contribution >= 0.6 is 0 Å². The van der Waals surface area contributed by atoms with Gasteiger partial charge in [-0.25, -0.2) is 12.8 Å². The Morgan fingerprint density at radius 1 is 1.14 bits per heavy atom. The predicted molar refractivity (Wildman–Crippen MR) is 82.2 cm³/mol. The van der Waals surface area contributed by atoms with Gasteiger partial charge in [-0.1, -0.05) is 19.1 Å². The van der Waals surface area contributed by atoms with Gasteiger partial charge < -0.3 is 4.42 Å². The van der Waals surface area contributed by atoms with E-state index in [4.69, 9.17) is 4.42 Å². The first-order valence-corrected chi connectivity index (χ1v) is 8.44. The molecule has 5 heteroatoms. The molecule has 0 fully saturated rings. The zero-order chi connectivity index (χ0) is 15.9. The fourth-order valence-corrected chi connectivity index (χ4v) is 4.18. The number of rotatable bonds is 3. The van der Waals surface area contributed by atoms with Crippen LogP contribution in [0.1, 0.15) is 18.2 Å². The first kappa shape index (κ1) is 14.8. The second kappa shape index (κ2) is 5.25. The number of hydrogen-bond donors (Lipinski definition) is 0. The van der Waals surface area contributed by atoms with Crippen LogP contribution in [0.5, 0.6) is 0 Å². The molecular weight excluding hydrogens is 303 g/mol. The summed E-state index contributed by atoms with van der Waals surface area (Å²) in [6, 6.07) is 10.5. The highest BCUT2D eigenvalue weighted by Gasteiger charge is 2.26. The molecule has 0 atom stereocenters. The van der Waals surface area contributed by atoms with E-state index in [1.807, 2.05) is 19.1 Å². The first-order valence-electron chi connectivity index (χ1n) is 6.96. The molecule has 0 N–H and O–H groups in total. The van der Waals surface area contributed by atoms with Crippen molar-refractivity contribution in [3.05, 3.63) is 59.6 Å². The van der Waals surface area contributed by atoms with Gasteiger partial charge in [0, 0.05) is 5.39 Å². The average molecular weight is 318 g/mol. The Morgan fingerprint density at radius 3 is 2.59 bits per heavy atom. The topological polar surface area (TPSA) is 47.3 Å². The lowest BCUT2D eigenvalue weighted by Crippen LogP contribution is -2.03.